The predicted octanol–water partition coefficient (Wildman–Crippen LogP) is 1.78. The highest BCUT2D eigenvalue weighted by atomic mass is 32.1. The van der Waals surface area contributed by atoms with Gasteiger partial charge < -0.3 is 16.2 Å². The first-order valence-electron chi connectivity index (χ1n) is 6.22. The van der Waals surface area contributed by atoms with Crippen molar-refractivity contribution < 1.29 is 5.11 Å². The third-order valence-electron chi connectivity index (χ3n) is 2.74. The largest absolute Gasteiger partial charge is 0.508 e. The van der Waals surface area contributed by atoms with Crippen LogP contribution < -0.4 is 11.1 Å². The van der Waals surface area contributed by atoms with E-state index in [4.69, 9.17) is 18.0 Å². The summed E-state index contributed by atoms with van der Waals surface area (Å²) in [5, 5.41) is 12.4. The van der Waals surface area contributed by atoms with E-state index in [1.807, 2.05) is 19.1 Å². The molecule has 0 saturated carbocycles. The van der Waals surface area contributed by atoms with Crippen LogP contribution in [0.15, 0.2) is 30.3 Å². The molecule has 104 valence electrons. The van der Waals surface area contributed by atoms with E-state index < -0.39 is 0 Å². The lowest BCUT2D eigenvalue weighted by molar-refractivity contribution is 0.475. The molecule has 0 unspecified atom stereocenters. The number of thiocarbonyl (C=S) groups is 1. The standard InChI is InChI=1S/C14H16N4OS/c1-9-8-12(13(15)20)18-14(17-9)16-7-6-10-2-4-11(19)5-3-10/h2-5,8,19H,6-7H2,1H3,(H2,15,20)(H,16,17,18). The summed E-state index contributed by atoms with van der Waals surface area (Å²) in [6.07, 6.45) is 0.806. The summed E-state index contributed by atoms with van der Waals surface area (Å²) in [7, 11) is 0. The lowest BCUT2D eigenvalue weighted by Gasteiger charge is -2.07. The lowest BCUT2D eigenvalue weighted by atomic mass is 10.1. The van der Waals surface area contributed by atoms with E-state index in [2.05, 4.69) is 15.3 Å². The van der Waals surface area contributed by atoms with Gasteiger partial charge in [0.2, 0.25) is 5.95 Å². The van der Waals surface area contributed by atoms with E-state index in [1.165, 1.54) is 0 Å². The zero-order chi connectivity index (χ0) is 14.5. The molecular weight excluding hydrogens is 272 g/mol. The van der Waals surface area contributed by atoms with Gasteiger partial charge in [-0.3, -0.25) is 0 Å². The molecule has 0 atom stereocenters. The summed E-state index contributed by atoms with van der Waals surface area (Å²) in [5.41, 5.74) is 8.08. The second kappa shape index (κ2) is 6.29. The van der Waals surface area contributed by atoms with Crippen LogP contribution in [-0.4, -0.2) is 26.6 Å². The Morgan fingerprint density at radius 1 is 1.30 bits per heavy atom. The molecule has 2 rings (SSSR count). The number of phenols is 1. The second-order valence-corrected chi connectivity index (χ2v) is 4.87. The lowest BCUT2D eigenvalue weighted by Crippen LogP contribution is -2.15. The zero-order valence-electron chi connectivity index (χ0n) is 11.1. The van der Waals surface area contributed by atoms with Gasteiger partial charge in [-0.2, -0.15) is 0 Å². The van der Waals surface area contributed by atoms with Crippen molar-refractivity contribution in [2.45, 2.75) is 13.3 Å². The van der Waals surface area contributed by atoms with Crippen molar-refractivity contribution in [3.8, 4) is 5.75 Å². The minimum atomic E-state index is 0.261. The van der Waals surface area contributed by atoms with Gasteiger partial charge >= 0.3 is 0 Å². The fourth-order valence-corrected chi connectivity index (χ4v) is 1.86. The van der Waals surface area contributed by atoms with E-state index in [0.29, 0.717) is 18.2 Å². The molecule has 0 bridgehead atoms. The van der Waals surface area contributed by atoms with Crippen molar-refractivity contribution >= 4 is 23.2 Å². The summed E-state index contributed by atoms with van der Waals surface area (Å²) in [5.74, 6) is 0.788. The molecular formula is C14H16N4OS. The molecule has 0 spiro atoms. The Balaban J connectivity index is 1.97. The van der Waals surface area contributed by atoms with E-state index in [-0.39, 0.29) is 10.7 Å². The SMILES string of the molecule is Cc1cc(C(N)=S)nc(NCCc2ccc(O)cc2)n1. The molecule has 0 saturated heterocycles. The third kappa shape index (κ3) is 3.89. The fourth-order valence-electron chi connectivity index (χ4n) is 1.76. The number of nitrogens with two attached hydrogens (primary N) is 1. The molecule has 20 heavy (non-hydrogen) atoms. The van der Waals surface area contributed by atoms with Crippen molar-refractivity contribution in [2.24, 2.45) is 5.73 Å². The van der Waals surface area contributed by atoms with Crippen LogP contribution in [0.4, 0.5) is 5.95 Å². The number of phenolic OH excluding ortho intramolecular Hbond substituents is 1. The second-order valence-electron chi connectivity index (χ2n) is 4.43. The molecule has 1 heterocycles. The summed E-state index contributed by atoms with van der Waals surface area (Å²) >= 11 is 4.92. The fraction of sp³-hybridized carbons (Fsp3) is 0.214. The molecule has 0 aliphatic carbocycles. The van der Waals surface area contributed by atoms with Crippen molar-refractivity contribution in [2.75, 3.05) is 11.9 Å². The number of hydrogen-bond acceptors (Lipinski definition) is 5. The van der Waals surface area contributed by atoms with Crippen LogP contribution in [0.3, 0.4) is 0 Å². The number of aryl methyl sites for hydroxylation is 1. The summed E-state index contributed by atoms with van der Waals surface area (Å²) in [6.45, 7) is 2.56. The molecule has 1 aromatic heterocycles. The van der Waals surface area contributed by atoms with Gasteiger partial charge in [0.15, 0.2) is 0 Å². The number of rotatable bonds is 5. The van der Waals surface area contributed by atoms with Gasteiger partial charge in [-0.1, -0.05) is 24.4 Å². The Morgan fingerprint density at radius 3 is 2.65 bits per heavy atom. The Kier molecular flexibility index (Phi) is 4.47. The molecule has 4 N–H and O–H groups in total. The van der Waals surface area contributed by atoms with Crippen LogP contribution in [0.1, 0.15) is 17.0 Å². The number of aromatic hydroxyl groups is 1. The van der Waals surface area contributed by atoms with Crippen LogP contribution in [0.2, 0.25) is 0 Å². The molecule has 0 aliphatic rings. The maximum Gasteiger partial charge on any atom is 0.223 e. The smallest absolute Gasteiger partial charge is 0.223 e. The van der Waals surface area contributed by atoms with Gasteiger partial charge in [-0.05, 0) is 37.1 Å². The highest BCUT2D eigenvalue weighted by Crippen LogP contribution is 2.10. The number of aromatic nitrogens is 2. The molecule has 0 aliphatic heterocycles. The topological polar surface area (TPSA) is 84.1 Å². The van der Waals surface area contributed by atoms with Gasteiger partial charge in [0, 0.05) is 12.2 Å². The highest BCUT2D eigenvalue weighted by molar-refractivity contribution is 7.80. The quantitative estimate of drug-likeness (QED) is 0.727. The molecule has 0 radical (unpaired) electrons. The molecule has 5 nitrogen and oxygen atoms in total. The minimum Gasteiger partial charge on any atom is -0.508 e. The Hall–Kier alpha value is -2.21. The van der Waals surface area contributed by atoms with Gasteiger partial charge in [0.05, 0.1) is 0 Å². The van der Waals surface area contributed by atoms with Gasteiger partial charge in [-0.15, -0.1) is 0 Å². The molecule has 2 aromatic rings. The van der Waals surface area contributed by atoms with Crippen molar-refractivity contribution in [3.05, 3.63) is 47.3 Å². The first kappa shape index (κ1) is 14.2. The van der Waals surface area contributed by atoms with Gasteiger partial charge in [0.25, 0.3) is 0 Å². The average Bonchev–Trinajstić information content (AvgIpc) is 2.40. The number of nitrogens with one attached hydrogen (secondary N) is 1. The van der Waals surface area contributed by atoms with Crippen LogP contribution >= 0.6 is 12.2 Å². The van der Waals surface area contributed by atoms with E-state index in [1.54, 1.807) is 18.2 Å². The maximum atomic E-state index is 9.21. The maximum absolute atomic E-state index is 9.21. The number of nitrogens with zero attached hydrogens (tertiary/aromatic N) is 2. The normalized spacial score (nSPS) is 10.2. The minimum absolute atomic E-state index is 0.261. The van der Waals surface area contributed by atoms with Crippen molar-refractivity contribution in [1.29, 1.82) is 0 Å². The van der Waals surface area contributed by atoms with E-state index in [0.717, 1.165) is 17.7 Å². The zero-order valence-corrected chi connectivity index (χ0v) is 11.9. The van der Waals surface area contributed by atoms with Crippen molar-refractivity contribution in [1.82, 2.24) is 9.97 Å². The summed E-state index contributed by atoms with van der Waals surface area (Å²) < 4.78 is 0. The summed E-state index contributed by atoms with van der Waals surface area (Å²) in [6, 6.07) is 8.86. The third-order valence-corrected chi connectivity index (χ3v) is 2.95. The van der Waals surface area contributed by atoms with E-state index >= 15 is 0 Å². The number of hydrogen-bond donors (Lipinski definition) is 3. The highest BCUT2D eigenvalue weighted by Gasteiger charge is 2.04. The van der Waals surface area contributed by atoms with Gasteiger partial charge in [0.1, 0.15) is 16.4 Å². The molecule has 0 amide bonds. The van der Waals surface area contributed by atoms with Crippen LogP contribution in [-0.2, 0) is 6.42 Å². The number of anilines is 1. The first-order chi connectivity index (χ1) is 9.54. The number of benzene rings is 1. The monoisotopic (exact) mass is 288 g/mol. The average molecular weight is 288 g/mol. The Labute approximate surface area is 122 Å². The predicted molar refractivity (Wildman–Crippen MR) is 83.0 cm³/mol. The van der Waals surface area contributed by atoms with Crippen LogP contribution in [0, 0.1) is 6.92 Å². The van der Waals surface area contributed by atoms with Crippen molar-refractivity contribution in [3.63, 3.8) is 0 Å². The van der Waals surface area contributed by atoms with E-state index in [9.17, 15) is 5.11 Å². The van der Waals surface area contributed by atoms with Crippen LogP contribution in [0.25, 0.3) is 0 Å². The van der Waals surface area contributed by atoms with Gasteiger partial charge in [-0.25, -0.2) is 9.97 Å². The summed E-state index contributed by atoms with van der Waals surface area (Å²) in [4.78, 5) is 8.80. The first-order valence-corrected chi connectivity index (χ1v) is 6.62. The van der Waals surface area contributed by atoms with Crippen LogP contribution in [0.5, 0.6) is 5.75 Å². The Bertz CT molecular complexity index is 613. The molecule has 0 fully saturated rings. The molecule has 6 heteroatoms. The molecule has 1 aromatic carbocycles. The Morgan fingerprint density at radius 2 is 2.00 bits per heavy atom.